The molecule has 5 rings (SSSR count). The van der Waals surface area contributed by atoms with Crippen molar-refractivity contribution in [2.24, 2.45) is 5.92 Å². The Bertz CT molecular complexity index is 1260. The summed E-state index contributed by atoms with van der Waals surface area (Å²) in [7, 11) is -3.47. The van der Waals surface area contributed by atoms with E-state index in [-0.39, 0.29) is 12.0 Å². The number of allylic oxidation sites excluding steroid dienone is 2. The zero-order chi connectivity index (χ0) is 21.6. The maximum absolute atomic E-state index is 13.1. The average molecular weight is 433 g/mol. The number of hydrogen-bond acceptors (Lipinski definition) is 3. The van der Waals surface area contributed by atoms with Gasteiger partial charge in [-0.1, -0.05) is 62.4 Å². The number of rotatable bonds is 5. The van der Waals surface area contributed by atoms with E-state index < -0.39 is 10.0 Å². The highest BCUT2D eigenvalue weighted by Crippen LogP contribution is 2.50. The molecule has 3 unspecified atom stereocenters. The van der Waals surface area contributed by atoms with E-state index in [9.17, 15) is 8.42 Å². The summed E-state index contributed by atoms with van der Waals surface area (Å²) >= 11 is 0. The average Bonchev–Trinajstić information content (AvgIpc) is 3.29. The summed E-state index contributed by atoms with van der Waals surface area (Å²) in [5.74, 6) is 0.597. The van der Waals surface area contributed by atoms with E-state index in [0.29, 0.717) is 23.9 Å². The molecule has 4 nitrogen and oxygen atoms in total. The van der Waals surface area contributed by atoms with Crippen LogP contribution in [0.15, 0.2) is 77.7 Å². The second kappa shape index (κ2) is 7.81. The number of anilines is 1. The Labute approximate surface area is 184 Å². The van der Waals surface area contributed by atoms with Crippen LogP contribution in [0.2, 0.25) is 0 Å². The van der Waals surface area contributed by atoms with Crippen LogP contribution in [-0.4, -0.2) is 25.8 Å². The predicted octanol–water partition coefficient (Wildman–Crippen LogP) is 5.70. The first-order valence-corrected chi connectivity index (χ1v) is 12.5. The van der Waals surface area contributed by atoms with Gasteiger partial charge in [0.25, 0.3) is 0 Å². The molecular formula is C26H28N2O2S. The van der Waals surface area contributed by atoms with E-state index in [0.717, 1.165) is 17.7 Å². The molecule has 0 saturated carbocycles. The number of nitrogens with one attached hydrogen (secondary N) is 1. The van der Waals surface area contributed by atoms with Crippen molar-refractivity contribution in [3.8, 4) is 0 Å². The molecule has 0 fully saturated rings. The van der Waals surface area contributed by atoms with Gasteiger partial charge in [0.15, 0.2) is 0 Å². The quantitative estimate of drug-likeness (QED) is 0.527. The van der Waals surface area contributed by atoms with E-state index in [1.165, 1.54) is 20.6 Å². The van der Waals surface area contributed by atoms with E-state index >= 15 is 0 Å². The van der Waals surface area contributed by atoms with Crippen molar-refractivity contribution < 1.29 is 8.42 Å². The Balaban J connectivity index is 1.55. The van der Waals surface area contributed by atoms with Crippen LogP contribution in [0.1, 0.15) is 43.4 Å². The molecule has 0 radical (unpaired) electrons. The van der Waals surface area contributed by atoms with Gasteiger partial charge in [-0.2, -0.15) is 4.31 Å². The first-order valence-electron chi connectivity index (χ1n) is 11.1. The number of fused-ring (bicyclic) bond motifs is 4. The number of sulfonamides is 1. The molecule has 0 amide bonds. The van der Waals surface area contributed by atoms with Gasteiger partial charge >= 0.3 is 0 Å². The van der Waals surface area contributed by atoms with Crippen LogP contribution >= 0.6 is 0 Å². The van der Waals surface area contributed by atoms with Gasteiger partial charge in [0, 0.05) is 24.7 Å². The fourth-order valence-electron chi connectivity index (χ4n) is 5.18. The highest BCUT2D eigenvalue weighted by molar-refractivity contribution is 7.89. The van der Waals surface area contributed by atoms with Crippen molar-refractivity contribution in [2.75, 3.05) is 18.4 Å². The number of nitrogens with zero attached hydrogens (tertiary/aromatic N) is 1. The fraction of sp³-hybridized carbons (Fsp3) is 0.308. The van der Waals surface area contributed by atoms with E-state index in [4.69, 9.17) is 0 Å². The third kappa shape index (κ3) is 3.36. The van der Waals surface area contributed by atoms with Crippen LogP contribution in [0.4, 0.5) is 5.69 Å². The van der Waals surface area contributed by atoms with Gasteiger partial charge in [0.05, 0.1) is 10.9 Å². The normalized spacial score (nSPS) is 22.4. The second-order valence-corrected chi connectivity index (χ2v) is 10.4. The van der Waals surface area contributed by atoms with Crippen molar-refractivity contribution in [3.63, 3.8) is 0 Å². The zero-order valence-corrected chi connectivity index (χ0v) is 18.8. The minimum atomic E-state index is -3.47. The first kappa shape index (κ1) is 20.3. The summed E-state index contributed by atoms with van der Waals surface area (Å²) in [5, 5.41) is 6.23. The van der Waals surface area contributed by atoms with Gasteiger partial charge in [0.2, 0.25) is 10.0 Å². The van der Waals surface area contributed by atoms with Crippen LogP contribution in [-0.2, 0) is 10.0 Å². The summed E-state index contributed by atoms with van der Waals surface area (Å²) in [6.07, 6.45) is 5.49. The van der Waals surface area contributed by atoms with Crippen molar-refractivity contribution >= 4 is 26.5 Å². The van der Waals surface area contributed by atoms with Gasteiger partial charge in [-0.05, 0) is 58.5 Å². The maximum atomic E-state index is 13.1. The highest BCUT2D eigenvalue weighted by atomic mass is 32.2. The summed E-state index contributed by atoms with van der Waals surface area (Å²) in [5.41, 5.74) is 3.40. The molecule has 3 aromatic rings. The molecule has 0 aromatic heterocycles. The SMILES string of the molecule is CCN(CC)S(=O)(=O)c1ccc2c(c1)C1C=CCC1C(c1ccc3ccccc3c1)N2. The summed E-state index contributed by atoms with van der Waals surface area (Å²) < 4.78 is 27.7. The van der Waals surface area contributed by atoms with Crippen molar-refractivity contribution in [1.82, 2.24) is 4.31 Å². The van der Waals surface area contributed by atoms with Crippen LogP contribution in [0.25, 0.3) is 10.8 Å². The van der Waals surface area contributed by atoms with Gasteiger partial charge in [-0.3, -0.25) is 0 Å². The fourth-order valence-corrected chi connectivity index (χ4v) is 6.67. The molecular weight excluding hydrogens is 404 g/mol. The van der Waals surface area contributed by atoms with E-state index in [1.54, 1.807) is 6.07 Å². The van der Waals surface area contributed by atoms with Crippen LogP contribution < -0.4 is 5.32 Å². The summed E-state index contributed by atoms with van der Waals surface area (Å²) in [6, 6.07) is 20.9. The molecule has 2 aliphatic rings. The number of hydrogen-bond donors (Lipinski definition) is 1. The Kier molecular flexibility index (Phi) is 5.11. The van der Waals surface area contributed by atoms with Gasteiger partial charge < -0.3 is 5.32 Å². The lowest BCUT2D eigenvalue weighted by Gasteiger charge is -2.38. The molecule has 3 atom stereocenters. The van der Waals surface area contributed by atoms with Gasteiger partial charge in [-0.25, -0.2) is 8.42 Å². The van der Waals surface area contributed by atoms with E-state index in [2.05, 4.69) is 59.9 Å². The van der Waals surface area contributed by atoms with Crippen LogP contribution in [0.5, 0.6) is 0 Å². The zero-order valence-electron chi connectivity index (χ0n) is 18.0. The standard InChI is InChI=1S/C26H28N2O2S/c1-3-28(4-2)31(29,30)21-14-15-25-24(17-21)22-10-7-11-23(22)26(27-25)20-13-12-18-8-5-6-9-19(18)16-20/h5-10,12-17,22-23,26-27H,3-4,11H2,1-2H3. The Morgan fingerprint density at radius 1 is 0.968 bits per heavy atom. The second-order valence-electron chi connectivity index (χ2n) is 8.42. The third-order valence-corrected chi connectivity index (χ3v) is 8.86. The van der Waals surface area contributed by atoms with Crippen molar-refractivity contribution in [3.05, 3.63) is 83.9 Å². The predicted molar refractivity (Wildman–Crippen MR) is 127 cm³/mol. The smallest absolute Gasteiger partial charge is 0.243 e. The molecule has 1 aliphatic heterocycles. The summed E-state index contributed by atoms with van der Waals surface area (Å²) in [6.45, 7) is 4.71. The monoisotopic (exact) mass is 432 g/mol. The molecule has 31 heavy (non-hydrogen) atoms. The lowest BCUT2D eigenvalue weighted by atomic mass is 9.77. The number of benzene rings is 3. The highest BCUT2D eigenvalue weighted by Gasteiger charge is 2.38. The Morgan fingerprint density at radius 3 is 2.52 bits per heavy atom. The lowest BCUT2D eigenvalue weighted by Crippen LogP contribution is -2.32. The Morgan fingerprint density at radius 2 is 1.74 bits per heavy atom. The van der Waals surface area contributed by atoms with Gasteiger partial charge in [0.1, 0.15) is 0 Å². The molecule has 1 heterocycles. The van der Waals surface area contributed by atoms with Gasteiger partial charge in [-0.15, -0.1) is 0 Å². The van der Waals surface area contributed by atoms with Crippen molar-refractivity contribution in [2.45, 2.75) is 37.1 Å². The molecule has 160 valence electrons. The lowest BCUT2D eigenvalue weighted by molar-refractivity contribution is 0.424. The molecule has 1 N–H and O–H groups in total. The minimum Gasteiger partial charge on any atom is -0.378 e. The molecule has 0 bridgehead atoms. The molecule has 1 aliphatic carbocycles. The molecule has 0 spiro atoms. The largest absolute Gasteiger partial charge is 0.378 e. The topological polar surface area (TPSA) is 49.4 Å². The summed E-state index contributed by atoms with van der Waals surface area (Å²) in [4.78, 5) is 0.389. The third-order valence-electron chi connectivity index (χ3n) is 6.81. The Hall–Kier alpha value is -2.63. The minimum absolute atomic E-state index is 0.197. The van der Waals surface area contributed by atoms with E-state index in [1.807, 2.05) is 26.0 Å². The molecule has 0 saturated heterocycles. The van der Waals surface area contributed by atoms with Crippen LogP contribution in [0, 0.1) is 5.92 Å². The van der Waals surface area contributed by atoms with Crippen molar-refractivity contribution in [1.29, 1.82) is 0 Å². The van der Waals surface area contributed by atoms with Crippen LogP contribution in [0.3, 0.4) is 0 Å². The first-order chi connectivity index (χ1) is 15.0. The molecule has 5 heteroatoms. The molecule has 3 aromatic carbocycles. The maximum Gasteiger partial charge on any atom is 0.243 e.